The minimum Gasteiger partial charge on any atom is -0.477 e. The third-order valence-electron chi connectivity index (χ3n) is 4.05. The minimum atomic E-state index is -1.21. The molecule has 2 unspecified atom stereocenters. The van der Waals surface area contributed by atoms with E-state index < -0.39 is 28.6 Å². The smallest absolute Gasteiger partial charge is 0.354 e. The first-order valence-corrected chi connectivity index (χ1v) is 10.8. The lowest BCUT2D eigenvalue weighted by atomic mass is 10.1. The molecule has 1 aromatic rings. The lowest BCUT2D eigenvalue weighted by Crippen LogP contribution is -2.46. The van der Waals surface area contributed by atoms with Crippen molar-refractivity contribution in [1.82, 2.24) is 5.32 Å². The van der Waals surface area contributed by atoms with E-state index in [-0.39, 0.29) is 12.3 Å². The van der Waals surface area contributed by atoms with Crippen molar-refractivity contribution in [1.29, 1.82) is 0 Å². The molecule has 0 fully saturated rings. The van der Waals surface area contributed by atoms with E-state index in [0.29, 0.717) is 24.3 Å². The van der Waals surface area contributed by atoms with Gasteiger partial charge in [0.25, 0.3) is 0 Å². The lowest BCUT2D eigenvalue weighted by Gasteiger charge is -2.27. The third kappa shape index (κ3) is 7.44. The number of esters is 1. The number of hydrogen-bond donors (Lipinski definition) is 2. The molecule has 2 atom stereocenters. The minimum absolute atomic E-state index is 0.153. The van der Waals surface area contributed by atoms with Crippen molar-refractivity contribution in [3.8, 4) is 0 Å². The fourth-order valence-corrected chi connectivity index (χ4v) is 3.87. The van der Waals surface area contributed by atoms with Gasteiger partial charge in [-0.25, -0.2) is 4.79 Å². The second-order valence-corrected chi connectivity index (χ2v) is 7.83. The second-order valence-electron chi connectivity index (χ2n) is 6.35. The van der Waals surface area contributed by atoms with Crippen molar-refractivity contribution in [2.75, 3.05) is 12.4 Å². The number of halogens is 1. The number of ether oxygens (including phenoxy) is 1. The van der Waals surface area contributed by atoms with E-state index in [4.69, 9.17) is 16.3 Å². The van der Waals surface area contributed by atoms with Crippen molar-refractivity contribution in [2.45, 2.75) is 31.3 Å². The first-order chi connectivity index (χ1) is 14.4. The zero-order valence-electron chi connectivity index (χ0n) is 16.4. The van der Waals surface area contributed by atoms with Crippen LogP contribution in [-0.2, 0) is 25.7 Å². The molecule has 30 heavy (non-hydrogen) atoms. The van der Waals surface area contributed by atoms with Crippen molar-refractivity contribution >= 4 is 46.3 Å². The molecule has 9 heteroatoms. The monoisotopic (exact) mass is 450 g/mol. The SMILES string of the molecule is CCCOC(=O)C(NCc1ccccc1)C1N=C(C(=O)O)/C(=C/C=C/C(=O)Cl)CS1. The van der Waals surface area contributed by atoms with E-state index in [2.05, 4.69) is 10.3 Å². The van der Waals surface area contributed by atoms with E-state index in [1.807, 2.05) is 37.3 Å². The lowest BCUT2D eigenvalue weighted by molar-refractivity contribution is -0.146. The van der Waals surface area contributed by atoms with Crippen LogP contribution in [0, 0.1) is 0 Å². The number of allylic oxidation sites excluding steroid dienone is 3. The molecular weight excluding hydrogens is 428 g/mol. The molecule has 2 rings (SSSR count). The summed E-state index contributed by atoms with van der Waals surface area (Å²) < 4.78 is 5.30. The Hall–Kier alpha value is -2.42. The summed E-state index contributed by atoms with van der Waals surface area (Å²) in [4.78, 5) is 39.5. The maximum atomic E-state index is 12.6. The van der Waals surface area contributed by atoms with Crippen LogP contribution in [0.2, 0.25) is 0 Å². The summed E-state index contributed by atoms with van der Waals surface area (Å²) in [5.41, 5.74) is 1.26. The molecule has 1 aliphatic heterocycles. The van der Waals surface area contributed by atoms with Crippen LogP contribution in [0.3, 0.4) is 0 Å². The normalized spacial score (nSPS) is 18.8. The van der Waals surface area contributed by atoms with Crippen molar-refractivity contribution in [2.24, 2.45) is 4.99 Å². The van der Waals surface area contributed by atoms with Crippen LogP contribution in [0.5, 0.6) is 0 Å². The van der Waals surface area contributed by atoms with Crippen LogP contribution in [0.4, 0.5) is 0 Å². The van der Waals surface area contributed by atoms with E-state index in [0.717, 1.165) is 11.6 Å². The molecule has 160 valence electrons. The van der Waals surface area contributed by atoms with Gasteiger partial charge in [0.2, 0.25) is 5.24 Å². The molecule has 0 bridgehead atoms. The maximum Gasteiger partial charge on any atom is 0.354 e. The average molecular weight is 451 g/mol. The second kappa shape index (κ2) is 12.3. The van der Waals surface area contributed by atoms with Gasteiger partial charge >= 0.3 is 11.9 Å². The zero-order valence-corrected chi connectivity index (χ0v) is 18.0. The van der Waals surface area contributed by atoms with Crippen LogP contribution in [0.15, 0.2) is 59.1 Å². The molecule has 0 aliphatic carbocycles. The Bertz CT molecular complexity index is 854. The Kier molecular flexibility index (Phi) is 9.79. The van der Waals surface area contributed by atoms with Gasteiger partial charge in [-0.2, -0.15) is 0 Å². The number of thioether (sulfide) groups is 1. The molecule has 1 heterocycles. The molecule has 0 amide bonds. The first-order valence-electron chi connectivity index (χ1n) is 9.36. The molecule has 0 aromatic heterocycles. The topological polar surface area (TPSA) is 105 Å². The molecule has 1 aliphatic rings. The summed E-state index contributed by atoms with van der Waals surface area (Å²) in [6, 6.07) is 8.73. The number of aliphatic imine (C=N–C) groups is 1. The summed E-state index contributed by atoms with van der Waals surface area (Å²) in [7, 11) is 0. The van der Waals surface area contributed by atoms with Crippen LogP contribution in [0.25, 0.3) is 0 Å². The van der Waals surface area contributed by atoms with E-state index in [1.165, 1.54) is 23.9 Å². The summed E-state index contributed by atoms with van der Waals surface area (Å²) in [6.45, 7) is 2.58. The number of rotatable bonds is 10. The van der Waals surface area contributed by atoms with Crippen LogP contribution in [-0.4, -0.2) is 51.8 Å². The molecule has 0 spiro atoms. The number of benzene rings is 1. The number of nitrogens with one attached hydrogen (secondary N) is 1. The highest BCUT2D eigenvalue weighted by molar-refractivity contribution is 8.00. The van der Waals surface area contributed by atoms with Gasteiger partial charge in [0.1, 0.15) is 17.1 Å². The highest BCUT2D eigenvalue weighted by Crippen LogP contribution is 2.27. The fraction of sp³-hybridized carbons (Fsp3) is 0.333. The average Bonchev–Trinajstić information content (AvgIpc) is 2.73. The summed E-state index contributed by atoms with van der Waals surface area (Å²) in [5, 5.41) is 11.4. The first kappa shape index (κ1) is 23.9. The number of aliphatic carboxylic acids is 1. The van der Waals surface area contributed by atoms with Gasteiger partial charge in [-0.3, -0.25) is 19.9 Å². The number of carbonyl (C=O) groups excluding carboxylic acids is 2. The molecule has 7 nitrogen and oxygen atoms in total. The van der Waals surface area contributed by atoms with Gasteiger partial charge < -0.3 is 9.84 Å². The Labute approximate surface area is 184 Å². The van der Waals surface area contributed by atoms with E-state index in [9.17, 15) is 19.5 Å². The Morgan fingerprint density at radius 3 is 2.73 bits per heavy atom. The quantitative estimate of drug-likeness (QED) is 0.320. The summed E-state index contributed by atoms with van der Waals surface area (Å²) >= 11 is 6.58. The number of nitrogens with zero attached hydrogens (tertiary/aromatic N) is 1. The van der Waals surface area contributed by atoms with Crippen LogP contribution < -0.4 is 5.32 Å². The Balaban J connectivity index is 2.25. The van der Waals surface area contributed by atoms with Gasteiger partial charge in [-0.1, -0.05) is 49.4 Å². The Morgan fingerprint density at radius 2 is 2.10 bits per heavy atom. The number of carboxylic acids is 1. The van der Waals surface area contributed by atoms with Gasteiger partial charge in [0.05, 0.1) is 6.61 Å². The third-order valence-corrected chi connectivity index (χ3v) is 5.38. The highest BCUT2D eigenvalue weighted by Gasteiger charge is 2.34. The van der Waals surface area contributed by atoms with Gasteiger partial charge in [-0.15, -0.1) is 11.8 Å². The van der Waals surface area contributed by atoms with Crippen LogP contribution >= 0.6 is 23.4 Å². The Morgan fingerprint density at radius 1 is 1.37 bits per heavy atom. The van der Waals surface area contributed by atoms with Gasteiger partial charge in [0, 0.05) is 12.3 Å². The highest BCUT2D eigenvalue weighted by atomic mass is 35.5. The molecule has 0 saturated heterocycles. The van der Waals surface area contributed by atoms with E-state index >= 15 is 0 Å². The molecule has 0 radical (unpaired) electrons. The zero-order chi connectivity index (χ0) is 21.9. The summed E-state index contributed by atoms with van der Waals surface area (Å²) in [6.07, 6.45) is 4.66. The fourth-order valence-electron chi connectivity index (χ4n) is 2.64. The predicted octanol–water partition coefficient (Wildman–Crippen LogP) is 2.94. The molecule has 2 N–H and O–H groups in total. The van der Waals surface area contributed by atoms with Gasteiger partial charge in [0.15, 0.2) is 0 Å². The van der Waals surface area contributed by atoms with Gasteiger partial charge in [-0.05, 0) is 35.2 Å². The van der Waals surface area contributed by atoms with Crippen LogP contribution in [0.1, 0.15) is 18.9 Å². The summed E-state index contributed by atoms with van der Waals surface area (Å²) in [5.74, 6) is -1.37. The van der Waals surface area contributed by atoms with Crippen molar-refractivity contribution in [3.63, 3.8) is 0 Å². The number of carboxylic acid groups (broad SMARTS) is 1. The number of carbonyl (C=O) groups is 3. The number of hydrogen-bond acceptors (Lipinski definition) is 7. The maximum absolute atomic E-state index is 12.6. The van der Waals surface area contributed by atoms with Crippen molar-refractivity contribution < 1.29 is 24.2 Å². The molecule has 1 aromatic carbocycles. The molecular formula is C21H23ClN2O5S. The standard InChI is InChI=1S/C21H23ClN2O5S/c1-2-11-29-21(28)18(23-12-14-7-4-3-5-8-14)19-24-17(20(26)27)15(13-30-19)9-6-10-16(22)25/h3-10,18-19,23H,2,11-13H2,1H3,(H,26,27)/b10-6+,15-9+. The van der Waals surface area contributed by atoms with E-state index in [1.54, 1.807) is 0 Å². The van der Waals surface area contributed by atoms with Crippen molar-refractivity contribution in [3.05, 3.63) is 59.7 Å². The largest absolute Gasteiger partial charge is 0.477 e. The predicted molar refractivity (Wildman–Crippen MR) is 118 cm³/mol. The molecule has 0 saturated carbocycles.